The normalized spacial score (nSPS) is 8.36. The molecule has 4 nitrogen and oxygen atoms in total. The van der Waals surface area contributed by atoms with Gasteiger partial charge in [-0.3, -0.25) is 0 Å². The van der Waals surface area contributed by atoms with Crippen LogP contribution >= 0.6 is 0 Å². The number of carbonyl (C=O) groups excluding carboxylic acids is 1. The minimum absolute atomic E-state index is 0. The van der Waals surface area contributed by atoms with Crippen LogP contribution in [-0.2, 0) is 9.53 Å². The Kier molecular flexibility index (Phi) is 8.29. The molecule has 0 fully saturated rings. The zero-order chi connectivity index (χ0) is 7.98. The molecule has 0 aliphatic heterocycles. The van der Waals surface area contributed by atoms with Crippen LogP contribution in [0.5, 0.6) is 0 Å². The molecule has 0 aromatic carbocycles. The second-order valence-electron chi connectivity index (χ2n) is 1.15. The van der Waals surface area contributed by atoms with E-state index in [4.69, 9.17) is 5.26 Å². The van der Waals surface area contributed by atoms with E-state index in [1.165, 1.54) is 12.2 Å². The Morgan fingerprint density at radius 1 is 1.73 bits per heavy atom. The van der Waals surface area contributed by atoms with Crippen LogP contribution in [-0.4, -0.2) is 5.97 Å². The number of nitriles is 1. The number of hydrogen-bond acceptors (Lipinski definition) is 4. The Morgan fingerprint density at radius 2 is 2.27 bits per heavy atom. The number of terminal acetylenes is 1. The van der Waals surface area contributed by atoms with Crippen molar-refractivity contribution in [3.8, 4) is 18.6 Å². The fourth-order valence-corrected chi connectivity index (χ4v) is 0.221. The van der Waals surface area contributed by atoms with Gasteiger partial charge in [0, 0.05) is 6.08 Å². The molecule has 0 saturated heterocycles. The number of allylic oxidation sites excluding steroid dienone is 1. The maximum absolute atomic E-state index is 10.3. The van der Waals surface area contributed by atoms with Crippen molar-refractivity contribution in [1.82, 2.24) is 0 Å². The summed E-state index contributed by atoms with van der Waals surface area (Å²) >= 11 is 0. The van der Waals surface area contributed by atoms with Crippen LogP contribution < -0.4 is 34.7 Å². The van der Waals surface area contributed by atoms with Gasteiger partial charge in [-0.05, 0) is 5.76 Å². The van der Waals surface area contributed by atoms with Crippen LogP contribution in [0.15, 0.2) is 11.8 Å². The summed E-state index contributed by atoms with van der Waals surface area (Å²) in [5, 5.41) is 18.2. The topological polar surface area (TPSA) is 73.2 Å². The first-order valence-corrected chi connectivity index (χ1v) is 2.16. The summed E-state index contributed by atoms with van der Waals surface area (Å²) in [6.07, 6.45) is 6.54. The van der Waals surface area contributed by atoms with Crippen molar-refractivity contribution in [3.63, 3.8) is 0 Å². The van der Waals surface area contributed by atoms with Crippen molar-refractivity contribution >= 4 is 5.97 Å². The molecule has 0 atom stereocenters. The van der Waals surface area contributed by atoms with Crippen molar-refractivity contribution in [1.29, 1.82) is 5.26 Å². The summed E-state index contributed by atoms with van der Waals surface area (Å²) in [6.45, 7) is 0. The van der Waals surface area contributed by atoms with Gasteiger partial charge >= 0.3 is 35.5 Å². The predicted molar refractivity (Wildman–Crippen MR) is 28.6 cm³/mol. The third-order valence-corrected chi connectivity index (χ3v) is 0.548. The first-order valence-electron chi connectivity index (χ1n) is 2.16. The van der Waals surface area contributed by atoms with Crippen LogP contribution in [0, 0.1) is 23.9 Å². The van der Waals surface area contributed by atoms with Crippen LogP contribution in [0.4, 0.5) is 0 Å². The Balaban J connectivity index is 0. The average Bonchev–Trinajstić information content (AvgIpc) is 1.89. The van der Waals surface area contributed by atoms with E-state index in [9.17, 15) is 9.90 Å². The maximum Gasteiger partial charge on any atom is 1.00 e. The van der Waals surface area contributed by atoms with E-state index in [1.807, 2.05) is 0 Å². The molecular weight excluding hydrogens is 157 g/mol. The molecule has 0 amide bonds. The van der Waals surface area contributed by atoms with Gasteiger partial charge in [-0.15, -0.1) is 0 Å². The third kappa shape index (κ3) is 5.50. The fraction of sp³-hybridized carbons (Fsp3) is 0. The van der Waals surface area contributed by atoms with Gasteiger partial charge in [0.15, 0.2) is 0 Å². The summed E-state index contributed by atoms with van der Waals surface area (Å²) < 4.78 is 3.81. The summed E-state index contributed by atoms with van der Waals surface area (Å²) in [5.41, 5.74) is 0. The number of ether oxygens (including phenoxy) is 1. The molecule has 5 heteroatoms. The molecular formula is C6H2NNaO3. The van der Waals surface area contributed by atoms with E-state index >= 15 is 0 Å². The molecule has 0 rings (SSSR count). The van der Waals surface area contributed by atoms with Gasteiger partial charge in [0.2, 0.25) is 0 Å². The van der Waals surface area contributed by atoms with Crippen LogP contribution in [0.25, 0.3) is 0 Å². The number of nitrogens with zero attached hydrogens (tertiary/aromatic N) is 1. The van der Waals surface area contributed by atoms with E-state index in [1.54, 1.807) is 0 Å². The smallest absolute Gasteiger partial charge is 0.867 e. The van der Waals surface area contributed by atoms with E-state index < -0.39 is 11.7 Å². The van der Waals surface area contributed by atoms with Crippen LogP contribution in [0.3, 0.4) is 0 Å². The van der Waals surface area contributed by atoms with Gasteiger partial charge in [0.25, 0.3) is 0 Å². The van der Waals surface area contributed by atoms with Crippen molar-refractivity contribution < 1.29 is 44.2 Å². The largest absolute Gasteiger partial charge is 1.00 e. The van der Waals surface area contributed by atoms with Gasteiger partial charge in [-0.1, -0.05) is 6.42 Å². The zero-order valence-electron chi connectivity index (χ0n) is 5.83. The molecule has 0 spiro atoms. The first-order chi connectivity index (χ1) is 4.72. The van der Waals surface area contributed by atoms with Crippen molar-refractivity contribution in [3.05, 3.63) is 11.8 Å². The molecule has 0 aromatic heterocycles. The average molecular weight is 159 g/mol. The number of rotatable bonds is 1. The first kappa shape index (κ1) is 12.7. The molecule has 0 aliphatic carbocycles. The number of carbonyl (C=O) groups is 1. The predicted octanol–water partition coefficient (Wildman–Crippen LogP) is -4.11. The Hall–Kier alpha value is -0.940. The third-order valence-electron chi connectivity index (χ3n) is 0.548. The van der Waals surface area contributed by atoms with E-state index in [-0.39, 0.29) is 29.6 Å². The number of hydrogen-bond donors (Lipinski definition) is 0. The summed E-state index contributed by atoms with van der Waals surface area (Å²) in [7, 11) is 0. The molecule has 0 saturated carbocycles. The molecule has 0 radical (unpaired) electrons. The van der Waals surface area contributed by atoms with Crippen LogP contribution in [0.1, 0.15) is 0 Å². The Labute approximate surface area is 85.7 Å². The monoisotopic (exact) mass is 159 g/mol. The van der Waals surface area contributed by atoms with Crippen molar-refractivity contribution in [2.24, 2.45) is 0 Å². The molecule has 0 unspecified atom stereocenters. The van der Waals surface area contributed by atoms with Gasteiger partial charge in [0.1, 0.15) is 6.11 Å². The van der Waals surface area contributed by atoms with Gasteiger partial charge in [-0.25, -0.2) is 4.79 Å². The SMILES string of the molecule is C#COC(=O)/C([O-])=C\C#N.[Na+]. The van der Waals surface area contributed by atoms with E-state index in [0.717, 1.165) is 0 Å². The Morgan fingerprint density at radius 3 is 2.64 bits per heavy atom. The molecule has 0 aliphatic rings. The van der Waals surface area contributed by atoms with E-state index in [2.05, 4.69) is 11.2 Å². The summed E-state index contributed by atoms with van der Waals surface area (Å²) in [5.74, 6) is -2.27. The second kappa shape index (κ2) is 7.17. The quantitative estimate of drug-likeness (QED) is 0.0972. The van der Waals surface area contributed by atoms with Gasteiger partial charge in [0.05, 0.1) is 6.07 Å². The molecule has 0 N–H and O–H groups in total. The fourth-order valence-electron chi connectivity index (χ4n) is 0.221. The van der Waals surface area contributed by atoms with Crippen LogP contribution in [0.2, 0.25) is 0 Å². The summed E-state index contributed by atoms with van der Waals surface area (Å²) in [4.78, 5) is 10.2. The van der Waals surface area contributed by atoms with Gasteiger partial charge in [-0.2, -0.15) is 5.26 Å². The zero-order valence-corrected chi connectivity index (χ0v) is 7.83. The second-order valence-corrected chi connectivity index (χ2v) is 1.15. The maximum atomic E-state index is 10.3. The standard InChI is InChI=1S/C6H3NO3.Na/c1-2-10-6(9)5(8)3-4-7;/h1,3,8H;/q;+1/p-1/b5-3+;. The van der Waals surface area contributed by atoms with Crippen molar-refractivity contribution in [2.75, 3.05) is 0 Å². The van der Waals surface area contributed by atoms with Gasteiger partial charge < -0.3 is 9.84 Å². The minimum atomic E-state index is -1.22. The minimum Gasteiger partial charge on any atom is -0.867 e. The Bertz CT molecular complexity index is 246. The van der Waals surface area contributed by atoms with Crippen molar-refractivity contribution in [2.45, 2.75) is 0 Å². The molecule has 0 bridgehead atoms. The molecule has 0 heterocycles. The molecule has 11 heavy (non-hydrogen) atoms. The molecule has 50 valence electrons. The number of esters is 1. The summed E-state index contributed by atoms with van der Waals surface area (Å²) in [6, 6.07) is 1.36. The van der Waals surface area contributed by atoms with E-state index in [0.29, 0.717) is 6.08 Å². The molecule has 0 aromatic rings.